The van der Waals surface area contributed by atoms with Crippen LogP contribution < -0.4 is 0 Å². The molecule has 4 saturated carbocycles. The van der Waals surface area contributed by atoms with Crippen molar-refractivity contribution < 1.29 is 9.47 Å². The van der Waals surface area contributed by atoms with Gasteiger partial charge in [-0.15, -0.1) is 0 Å². The van der Waals surface area contributed by atoms with Crippen molar-refractivity contribution in [2.75, 3.05) is 13.2 Å². The van der Waals surface area contributed by atoms with Gasteiger partial charge < -0.3 is 9.47 Å². The van der Waals surface area contributed by atoms with E-state index in [-0.39, 0.29) is 5.79 Å². The lowest BCUT2D eigenvalue weighted by molar-refractivity contribution is -0.270. The second-order valence-electron chi connectivity index (χ2n) is 5.75. The van der Waals surface area contributed by atoms with Gasteiger partial charge in [-0.1, -0.05) is 12.2 Å². The van der Waals surface area contributed by atoms with Crippen molar-refractivity contribution in [1.29, 1.82) is 0 Å². The van der Waals surface area contributed by atoms with E-state index in [9.17, 15) is 0 Å². The van der Waals surface area contributed by atoms with Crippen molar-refractivity contribution in [3.8, 4) is 0 Å². The van der Waals surface area contributed by atoms with Gasteiger partial charge in [0.05, 0.1) is 13.2 Å². The summed E-state index contributed by atoms with van der Waals surface area (Å²) in [6, 6.07) is 0. The number of hydrogen-bond acceptors (Lipinski definition) is 2. The predicted molar refractivity (Wildman–Crippen MR) is 56.2 cm³/mol. The molecule has 5 rings (SSSR count). The van der Waals surface area contributed by atoms with Gasteiger partial charge in [0.2, 0.25) is 0 Å². The van der Waals surface area contributed by atoms with Crippen molar-refractivity contribution in [2.45, 2.75) is 31.5 Å². The summed E-state index contributed by atoms with van der Waals surface area (Å²) in [5.74, 6) is 2.66. The Labute approximate surface area is 90.6 Å². The van der Waals surface area contributed by atoms with E-state index in [0.717, 1.165) is 25.0 Å². The number of ether oxygens (including phenoxy) is 2. The molecule has 0 aromatic carbocycles. The lowest BCUT2D eigenvalue weighted by atomic mass is 9.51. The fraction of sp³-hybridized carbons (Fsp3) is 0.846. The summed E-state index contributed by atoms with van der Waals surface area (Å²) < 4.78 is 12.0. The molecule has 0 radical (unpaired) electrons. The van der Waals surface area contributed by atoms with E-state index in [1.165, 1.54) is 31.3 Å². The molecule has 4 aliphatic carbocycles. The van der Waals surface area contributed by atoms with Crippen molar-refractivity contribution in [2.24, 2.45) is 23.7 Å². The van der Waals surface area contributed by atoms with Crippen molar-refractivity contribution in [3.63, 3.8) is 0 Å². The third kappa shape index (κ3) is 0.931. The quantitative estimate of drug-likeness (QED) is 0.566. The molecule has 2 nitrogen and oxygen atoms in total. The van der Waals surface area contributed by atoms with Crippen LogP contribution in [0.5, 0.6) is 0 Å². The maximum Gasteiger partial charge on any atom is 0.177 e. The van der Waals surface area contributed by atoms with E-state index < -0.39 is 0 Å². The third-order valence-corrected chi connectivity index (χ3v) is 5.14. The fourth-order valence-corrected chi connectivity index (χ4v) is 4.62. The van der Waals surface area contributed by atoms with Crippen LogP contribution in [0.25, 0.3) is 0 Å². The molecule has 0 unspecified atom stereocenters. The minimum absolute atomic E-state index is 0.232. The van der Waals surface area contributed by atoms with Crippen LogP contribution in [0.3, 0.4) is 0 Å². The predicted octanol–water partition coefficient (Wildman–Crippen LogP) is 2.35. The molecular formula is C13H18O2. The first-order valence-electron chi connectivity index (χ1n) is 6.26. The minimum atomic E-state index is -0.232. The topological polar surface area (TPSA) is 18.5 Å². The molecule has 1 aliphatic heterocycles. The van der Waals surface area contributed by atoms with Crippen LogP contribution in [0.15, 0.2) is 12.2 Å². The maximum absolute atomic E-state index is 6.00. The summed E-state index contributed by atoms with van der Waals surface area (Å²) >= 11 is 0. The van der Waals surface area contributed by atoms with E-state index in [1.807, 2.05) is 0 Å². The van der Waals surface area contributed by atoms with Crippen molar-refractivity contribution in [3.05, 3.63) is 12.2 Å². The van der Waals surface area contributed by atoms with Crippen LogP contribution in [0.4, 0.5) is 0 Å². The summed E-state index contributed by atoms with van der Waals surface area (Å²) in [4.78, 5) is 0. The Bertz CT molecular complexity index is 316. The molecule has 15 heavy (non-hydrogen) atoms. The van der Waals surface area contributed by atoms with E-state index in [1.54, 1.807) is 0 Å². The van der Waals surface area contributed by atoms with Crippen molar-refractivity contribution in [1.82, 2.24) is 0 Å². The summed E-state index contributed by atoms with van der Waals surface area (Å²) in [5, 5.41) is 0. The third-order valence-electron chi connectivity index (χ3n) is 5.14. The molecule has 1 heterocycles. The number of rotatable bonds is 0. The Hall–Kier alpha value is -0.340. The van der Waals surface area contributed by atoms with E-state index in [0.29, 0.717) is 11.8 Å². The summed E-state index contributed by atoms with van der Waals surface area (Å²) in [6.07, 6.45) is 5.26. The fourth-order valence-electron chi connectivity index (χ4n) is 4.62. The molecule has 1 saturated heterocycles. The van der Waals surface area contributed by atoms with Gasteiger partial charge in [-0.2, -0.15) is 0 Å². The van der Waals surface area contributed by atoms with Gasteiger partial charge >= 0.3 is 0 Å². The van der Waals surface area contributed by atoms with E-state index in [4.69, 9.17) is 9.47 Å². The Morgan fingerprint density at radius 3 is 2.67 bits per heavy atom. The van der Waals surface area contributed by atoms with Gasteiger partial charge in [0.15, 0.2) is 5.79 Å². The van der Waals surface area contributed by atoms with Gasteiger partial charge in [-0.05, 0) is 37.5 Å². The zero-order valence-corrected chi connectivity index (χ0v) is 9.08. The molecule has 0 aromatic heterocycles. The summed E-state index contributed by atoms with van der Waals surface area (Å²) in [7, 11) is 0. The average molecular weight is 206 g/mol. The molecule has 0 N–H and O–H groups in total. The highest BCUT2D eigenvalue weighted by atomic mass is 16.7. The highest BCUT2D eigenvalue weighted by Gasteiger charge is 2.62. The van der Waals surface area contributed by atoms with Crippen LogP contribution in [0, 0.1) is 23.7 Å². The van der Waals surface area contributed by atoms with E-state index in [2.05, 4.69) is 6.58 Å². The Morgan fingerprint density at radius 1 is 1.07 bits per heavy atom. The van der Waals surface area contributed by atoms with Gasteiger partial charge in [-0.25, -0.2) is 0 Å². The summed E-state index contributed by atoms with van der Waals surface area (Å²) in [6.45, 7) is 5.89. The minimum Gasteiger partial charge on any atom is -0.347 e. The SMILES string of the molecule is C=C1[C@@H]2C[C@H]3C[C@@H](C2)C2(OCCO2)[C@@H]1C3. The normalized spacial score (nSPS) is 50.5. The highest BCUT2D eigenvalue weighted by Crippen LogP contribution is 2.62. The molecule has 82 valence electrons. The number of hydrogen-bond donors (Lipinski definition) is 0. The monoisotopic (exact) mass is 206 g/mol. The van der Waals surface area contributed by atoms with Crippen LogP contribution >= 0.6 is 0 Å². The van der Waals surface area contributed by atoms with Crippen LogP contribution in [-0.4, -0.2) is 19.0 Å². The second kappa shape index (κ2) is 2.67. The van der Waals surface area contributed by atoms with Crippen LogP contribution in [0.2, 0.25) is 0 Å². The Balaban J connectivity index is 1.79. The van der Waals surface area contributed by atoms with Gasteiger partial charge in [0.25, 0.3) is 0 Å². The summed E-state index contributed by atoms with van der Waals surface area (Å²) in [5.41, 5.74) is 1.43. The first kappa shape index (κ1) is 8.77. The molecule has 5 aliphatic rings. The molecule has 0 aromatic rings. The molecule has 4 atom stereocenters. The molecule has 5 fully saturated rings. The molecule has 2 heteroatoms. The highest BCUT2D eigenvalue weighted by molar-refractivity contribution is 5.23. The largest absolute Gasteiger partial charge is 0.347 e. The lowest BCUT2D eigenvalue weighted by Crippen LogP contribution is -2.59. The zero-order valence-electron chi connectivity index (χ0n) is 9.08. The smallest absolute Gasteiger partial charge is 0.177 e. The van der Waals surface area contributed by atoms with Gasteiger partial charge in [-0.3, -0.25) is 0 Å². The molecule has 4 bridgehead atoms. The molecule has 1 spiro atoms. The standard InChI is InChI=1S/C13H18O2/c1-8-10-4-9-5-11(7-10)13(12(8)6-9)14-2-3-15-13/h9-12H,1-7H2/t9-,10+,11-,12+/m0/s1. The first-order valence-corrected chi connectivity index (χ1v) is 6.26. The van der Waals surface area contributed by atoms with E-state index >= 15 is 0 Å². The van der Waals surface area contributed by atoms with Gasteiger partial charge in [0, 0.05) is 11.8 Å². The molecule has 0 amide bonds. The van der Waals surface area contributed by atoms with Crippen molar-refractivity contribution >= 4 is 0 Å². The second-order valence-corrected chi connectivity index (χ2v) is 5.75. The van der Waals surface area contributed by atoms with Gasteiger partial charge in [0.1, 0.15) is 0 Å². The lowest BCUT2D eigenvalue weighted by Gasteiger charge is -2.59. The zero-order chi connectivity index (χ0) is 10.0. The van der Waals surface area contributed by atoms with Crippen LogP contribution in [0.1, 0.15) is 25.7 Å². The Kier molecular flexibility index (Phi) is 1.56. The average Bonchev–Trinajstić information content (AvgIpc) is 2.71. The van der Waals surface area contributed by atoms with Crippen LogP contribution in [-0.2, 0) is 9.47 Å². The molecular weight excluding hydrogens is 188 g/mol. The Morgan fingerprint density at radius 2 is 1.87 bits per heavy atom. The first-order chi connectivity index (χ1) is 7.29. The maximum atomic E-state index is 6.00.